The number of allylic oxidation sites excluding steroid dienone is 1. The van der Waals surface area contributed by atoms with Crippen LogP contribution in [0.4, 0.5) is 10.2 Å². The number of hydrogen-bond acceptors (Lipinski definition) is 5. The van der Waals surface area contributed by atoms with Gasteiger partial charge < -0.3 is 24.8 Å². The number of aromatic nitrogens is 1. The van der Waals surface area contributed by atoms with Crippen molar-refractivity contribution in [2.24, 2.45) is 0 Å². The van der Waals surface area contributed by atoms with Crippen molar-refractivity contribution in [2.75, 3.05) is 25.1 Å². The number of thiocarbonyl (C=S) groups is 1. The number of amides is 1. The molecule has 0 saturated carbocycles. The zero-order valence-corrected chi connectivity index (χ0v) is 18.0. The Labute approximate surface area is 180 Å². The highest BCUT2D eigenvalue weighted by molar-refractivity contribution is 7.80. The Kier molecular flexibility index (Phi) is 7.17. The van der Waals surface area contributed by atoms with Gasteiger partial charge in [0.25, 0.3) is 5.91 Å². The number of aryl methyl sites for hydroxylation is 1. The van der Waals surface area contributed by atoms with Gasteiger partial charge in [0.15, 0.2) is 10.9 Å². The van der Waals surface area contributed by atoms with Crippen molar-refractivity contribution in [1.82, 2.24) is 15.4 Å². The van der Waals surface area contributed by atoms with E-state index in [9.17, 15) is 9.18 Å². The Morgan fingerprint density at radius 1 is 1.40 bits per heavy atom. The van der Waals surface area contributed by atoms with E-state index in [1.165, 1.54) is 12.1 Å². The van der Waals surface area contributed by atoms with Crippen molar-refractivity contribution >= 4 is 29.1 Å². The summed E-state index contributed by atoms with van der Waals surface area (Å²) in [6, 6.07) is 7.16. The van der Waals surface area contributed by atoms with E-state index in [-0.39, 0.29) is 11.7 Å². The number of nitrogens with zero attached hydrogens (tertiary/aromatic N) is 2. The molecule has 9 heteroatoms. The molecule has 2 aromatic rings. The van der Waals surface area contributed by atoms with E-state index in [2.05, 4.69) is 15.8 Å². The highest BCUT2D eigenvalue weighted by Crippen LogP contribution is 2.32. The molecule has 1 unspecified atom stereocenters. The van der Waals surface area contributed by atoms with Gasteiger partial charge in [-0.3, -0.25) is 4.79 Å². The standard InChI is InChI=1S/C21H25FN4O3S/c1-4-28-10-6-9-26-14(3)18(20(27)23-17-11-13(2)29-25-17)19(24-21(26)30)15-7-5-8-16(22)12-15/h5,7-8,11-12,19H,4,6,9-10H2,1-3H3,(H,24,30)(H,23,25,27). The van der Waals surface area contributed by atoms with Crippen LogP contribution in [0.2, 0.25) is 0 Å². The van der Waals surface area contributed by atoms with Crippen LogP contribution in [0, 0.1) is 12.7 Å². The number of anilines is 1. The molecule has 30 heavy (non-hydrogen) atoms. The monoisotopic (exact) mass is 432 g/mol. The molecular weight excluding hydrogens is 407 g/mol. The lowest BCUT2D eigenvalue weighted by atomic mass is 9.94. The Morgan fingerprint density at radius 3 is 2.87 bits per heavy atom. The Hall–Kier alpha value is -2.78. The molecule has 1 aliphatic heterocycles. The number of halogens is 1. The smallest absolute Gasteiger partial charge is 0.257 e. The average molecular weight is 433 g/mol. The van der Waals surface area contributed by atoms with Crippen LogP contribution in [0.5, 0.6) is 0 Å². The third-order valence-electron chi connectivity index (χ3n) is 4.77. The van der Waals surface area contributed by atoms with E-state index in [0.29, 0.717) is 53.3 Å². The molecule has 0 bridgehead atoms. The van der Waals surface area contributed by atoms with Gasteiger partial charge in [0.05, 0.1) is 11.6 Å². The average Bonchev–Trinajstić information content (AvgIpc) is 3.11. The van der Waals surface area contributed by atoms with Gasteiger partial charge in [-0.25, -0.2) is 4.39 Å². The minimum Gasteiger partial charge on any atom is -0.382 e. The van der Waals surface area contributed by atoms with Crippen LogP contribution in [-0.2, 0) is 9.53 Å². The van der Waals surface area contributed by atoms with Crippen molar-refractivity contribution in [3.05, 3.63) is 58.7 Å². The van der Waals surface area contributed by atoms with E-state index < -0.39 is 6.04 Å². The summed E-state index contributed by atoms with van der Waals surface area (Å²) in [4.78, 5) is 15.1. The number of benzene rings is 1. The van der Waals surface area contributed by atoms with Gasteiger partial charge in [0.2, 0.25) is 0 Å². The molecule has 7 nitrogen and oxygen atoms in total. The maximum Gasteiger partial charge on any atom is 0.257 e. The Morgan fingerprint density at radius 2 is 2.20 bits per heavy atom. The number of ether oxygens (including phenoxy) is 1. The van der Waals surface area contributed by atoms with Crippen molar-refractivity contribution in [3.8, 4) is 0 Å². The van der Waals surface area contributed by atoms with Crippen LogP contribution in [0.15, 0.2) is 46.1 Å². The lowest BCUT2D eigenvalue weighted by molar-refractivity contribution is -0.113. The second-order valence-electron chi connectivity index (χ2n) is 6.92. The molecule has 2 N–H and O–H groups in total. The van der Waals surface area contributed by atoms with E-state index in [4.69, 9.17) is 21.5 Å². The Balaban J connectivity index is 1.94. The summed E-state index contributed by atoms with van der Waals surface area (Å²) < 4.78 is 24.3. The lowest BCUT2D eigenvalue weighted by Gasteiger charge is -2.38. The summed E-state index contributed by atoms with van der Waals surface area (Å²) >= 11 is 5.55. The Bertz CT molecular complexity index is 959. The van der Waals surface area contributed by atoms with Crippen LogP contribution in [0.3, 0.4) is 0 Å². The normalized spacial score (nSPS) is 16.6. The molecule has 2 heterocycles. The minimum absolute atomic E-state index is 0.312. The third-order valence-corrected chi connectivity index (χ3v) is 5.11. The zero-order chi connectivity index (χ0) is 21.7. The molecular formula is C21H25FN4O3S. The van der Waals surface area contributed by atoms with E-state index in [1.54, 1.807) is 25.1 Å². The van der Waals surface area contributed by atoms with Gasteiger partial charge in [0, 0.05) is 31.5 Å². The number of hydrogen-bond donors (Lipinski definition) is 2. The molecule has 0 saturated heterocycles. The highest BCUT2D eigenvalue weighted by atomic mass is 32.1. The third kappa shape index (κ3) is 5.03. The highest BCUT2D eigenvalue weighted by Gasteiger charge is 2.34. The first-order valence-electron chi connectivity index (χ1n) is 9.77. The van der Waals surface area contributed by atoms with Crippen LogP contribution in [-0.4, -0.2) is 40.8 Å². The fourth-order valence-electron chi connectivity index (χ4n) is 3.36. The molecule has 3 rings (SSSR count). The van der Waals surface area contributed by atoms with Crippen molar-refractivity contribution in [3.63, 3.8) is 0 Å². The van der Waals surface area contributed by atoms with Gasteiger partial charge in [-0.1, -0.05) is 17.3 Å². The molecule has 0 fully saturated rings. The second kappa shape index (κ2) is 9.82. The molecule has 1 amide bonds. The van der Waals surface area contributed by atoms with Gasteiger partial charge in [0.1, 0.15) is 11.6 Å². The molecule has 1 aromatic carbocycles. The quantitative estimate of drug-likeness (QED) is 0.486. The van der Waals surface area contributed by atoms with E-state index in [1.807, 2.05) is 18.7 Å². The first-order chi connectivity index (χ1) is 14.4. The number of nitrogens with one attached hydrogen (secondary N) is 2. The summed E-state index contributed by atoms with van der Waals surface area (Å²) in [6.45, 7) is 7.34. The zero-order valence-electron chi connectivity index (χ0n) is 17.2. The van der Waals surface area contributed by atoms with Crippen LogP contribution in [0.1, 0.15) is 37.6 Å². The summed E-state index contributed by atoms with van der Waals surface area (Å²) in [5, 5.41) is 10.3. The molecule has 1 aromatic heterocycles. The van der Waals surface area contributed by atoms with Crippen molar-refractivity contribution < 1.29 is 18.4 Å². The SMILES string of the molecule is CCOCCCN1C(=S)NC(c2cccc(F)c2)C(C(=O)Nc2cc(C)on2)=C1C. The fourth-order valence-corrected chi connectivity index (χ4v) is 3.71. The maximum absolute atomic E-state index is 13.9. The molecule has 0 radical (unpaired) electrons. The summed E-state index contributed by atoms with van der Waals surface area (Å²) in [7, 11) is 0. The summed E-state index contributed by atoms with van der Waals surface area (Å²) in [5.41, 5.74) is 1.74. The summed E-state index contributed by atoms with van der Waals surface area (Å²) in [6.07, 6.45) is 0.745. The number of carbonyl (C=O) groups is 1. The first-order valence-corrected chi connectivity index (χ1v) is 10.2. The first kappa shape index (κ1) is 21.9. The molecule has 0 spiro atoms. The fraction of sp³-hybridized carbons (Fsp3) is 0.381. The second-order valence-corrected chi connectivity index (χ2v) is 7.30. The van der Waals surface area contributed by atoms with Crippen molar-refractivity contribution in [2.45, 2.75) is 33.2 Å². The maximum atomic E-state index is 13.9. The van der Waals surface area contributed by atoms with E-state index >= 15 is 0 Å². The lowest BCUT2D eigenvalue weighted by Crippen LogP contribution is -2.48. The van der Waals surface area contributed by atoms with E-state index in [0.717, 1.165) is 6.42 Å². The number of rotatable bonds is 8. The molecule has 0 aliphatic carbocycles. The van der Waals surface area contributed by atoms with Gasteiger partial charge in [-0.2, -0.15) is 0 Å². The van der Waals surface area contributed by atoms with Crippen LogP contribution in [0.25, 0.3) is 0 Å². The molecule has 1 atom stereocenters. The largest absolute Gasteiger partial charge is 0.382 e. The summed E-state index contributed by atoms with van der Waals surface area (Å²) in [5.74, 6) is 0.147. The predicted molar refractivity (Wildman–Crippen MR) is 115 cm³/mol. The van der Waals surface area contributed by atoms with Gasteiger partial charge in [-0.05, 0) is 57.1 Å². The topological polar surface area (TPSA) is 79.6 Å². The van der Waals surface area contributed by atoms with Gasteiger partial charge >= 0.3 is 0 Å². The van der Waals surface area contributed by atoms with Crippen molar-refractivity contribution in [1.29, 1.82) is 0 Å². The number of carbonyl (C=O) groups excluding carboxylic acids is 1. The molecule has 160 valence electrons. The molecule has 1 aliphatic rings. The van der Waals surface area contributed by atoms with Crippen LogP contribution >= 0.6 is 12.2 Å². The minimum atomic E-state index is -0.593. The van der Waals surface area contributed by atoms with Gasteiger partial charge in [-0.15, -0.1) is 0 Å². The predicted octanol–water partition coefficient (Wildman–Crippen LogP) is 3.69. The van der Waals surface area contributed by atoms with Crippen LogP contribution < -0.4 is 10.6 Å².